The van der Waals surface area contributed by atoms with Crippen molar-refractivity contribution in [3.63, 3.8) is 0 Å². The van der Waals surface area contributed by atoms with E-state index in [-0.39, 0.29) is 10.1 Å². The number of hydrogen-bond acceptors (Lipinski definition) is 2. The molecule has 0 atom stereocenters. The summed E-state index contributed by atoms with van der Waals surface area (Å²) < 4.78 is 12.5. The minimum atomic E-state index is -1.86. The molecule has 2 nitrogen and oxygen atoms in total. The Morgan fingerprint density at radius 1 is 0.708 bits per heavy atom. The molecule has 0 fully saturated rings. The van der Waals surface area contributed by atoms with Gasteiger partial charge < -0.3 is 8.85 Å². The molecule has 24 heavy (non-hydrogen) atoms. The molecule has 0 aliphatic rings. The Balaban J connectivity index is 5.22. The predicted octanol–water partition coefficient (Wildman–Crippen LogP) is 5.59. The zero-order valence-electron chi connectivity index (χ0n) is 17.4. The number of rotatable bonds is 6. The molecule has 136 valence electrons. The Hall–Kier alpha value is -0.786. The van der Waals surface area contributed by atoms with Crippen LogP contribution in [0.3, 0.4) is 0 Å². The average Bonchev–Trinajstić information content (AvgIpc) is 2.39. The summed E-state index contributed by atoms with van der Waals surface area (Å²) in [4.78, 5) is 0. The van der Waals surface area contributed by atoms with Gasteiger partial charge in [-0.3, -0.25) is 0 Å². The van der Waals surface area contributed by atoms with Crippen molar-refractivity contribution in [3.8, 4) is 24.7 Å². The van der Waals surface area contributed by atoms with Crippen molar-refractivity contribution < 1.29 is 8.85 Å². The molecule has 0 aromatic heterocycles. The van der Waals surface area contributed by atoms with Gasteiger partial charge in [0.15, 0.2) is 16.6 Å². The van der Waals surface area contributed by atoms with Crippen LogP contribution in [-0.2, 0) is 8.85 Å². The van der Waals surface area contributed by atoms with Crippen LogP contribution in [0.4, 0.5) is 0 Å². The maximum Gasteiger partial charge on any atom is 0.192 e. The largest absolute Gasteiger partial charge is 0.412 e. The topological polar surface area (TPSA) is 18.5 Å². The fourth-order valence-corrected chi connectivity index (χ4v) is 3.25. The lowest BCUT2D eigenvalue weighted by Gasteiger charge is -2.37. The molecule has 0 heterocycles. The smallest absolute Gasteiger partial charge is 0.192 e. The normalized spacial score (nSPS) is 14.7. The summed E-state index contributed by atoms with van der Waals surface area (Å²) in [7, 11) is -3.73. The van der Waals surface area contributed by atoms with Crippen molar-refractivity contribution in [3.05, 3.63) is 11.1 Å². The Bertz CT molecular complexity index is 494. The van der Waals surface area contributed by atoms with E-state index in [9.17, 15) is 0 Å². The highest BCUT2D eigenvalue weighted by Crippen LogP contribution is 2.38. The monoisotopic (exact) mass is 364 g/mol. The van der Waals surface area contributed by atoms with Crippen LogP contribution in [0.5, 0.6) is 0 Å². The number of terminal acetylenes is 2. The molecular weight excluding hydrogens is 328 g/mol. The SMILES string of the molecule is C#C/C(CO[Si](C)(C)C(C)(C)C)=C(/C#C)CO[Si](C)(C)C(C)(C)C. The van der Waals surface area contributed by atoms with Gasteiger partial charge in [0.25, 0.3) is 0 Å². The second-order valence-electron chi connectivity index (χ2n) is 9.34. The van der Waals surface area contributed by atoms with Gasteiger partial charge in [-0.05, 0) is 36.3 Å². The standard InChI is InChI=1S/C20H36O2Si2/c1-13-17(15-21-23(9,10)19(3,4)5)18(14-2)16-22-24(11,12)20(6,7)8/h1-2H,15-16H2,3-12H3/b18-17+. The number of hydrogen-bond donors (Lipinski definition) is 0. The summed E-state index contributed by atoms with van der Waals surface area (Å²) in [6.07, 6.45) is 11.4. The minimum absolute atomic E-state index is 0.140. The molecule has 0 aliphatic carbocycles. The zero-order valence-corrected chi connectivity index (χ0v) is 19.4. The highest BCUT2D eigenvalue weighted by molar-refractivity contribution is 6.74. The van der Waals surface area contributed by atoms with Crippen molar-refractivity contribution >= 4 is 16.6 Å². The molecule has 0 N–H and O–H groups in total. The van der Waals surface area contributed by atoms with Crippen LogP contribution in [0.2, 0.25) is 36.3 Å². The van der Waals surface area contributed by atoms with Crippen LogP contribution in [0.15, 0.2) is 11.1 Å². The second kappa shape index (κ2) is 8.06. The van der Waals surface area contributed by atoms with Crippen molar-refractivity contribution in [2.24, 2.45) is 0 Å². The summed E-state index contributed by atoms with van der Waals surface area (Å²) in [6.45, 7) is 22.9. The second-order valence-corrected chi connectivity index (χ2v) is 19.0. The van der Waals surface area contributed by atoms with Gasteiger partial charge in [-0.1, -0.05) is 53.4 Å². The van der Waals surface area contributed by atoms with E-state index in [4.69, 9.17) is 21.7 Å². The summed E-state index contributed by atoms with van der Waals surface area (Å²) in [5, 5.41) is 0.279. The maximum atomic E-state index is 6.23. The molecule has 4 heteroatoms. The van der Waals surface area contributed by atoms with Gasteiger partial charge in [-0.15, -0.1) is 12.8 Å². The van der Waals surface area contributed by atoms with Crippen LogP contribution in [0.25, 0.3) is 0 Å². The van der Waals surface area contributed by atoms with E-state index < -0.39 is 16.6 Å². The first-order valence-electron chi connectivity index (χ1n) is 8.52. The van der Waals surface area contributed by atoms with Gasteiger partial charge in [-0.25, -0.2) is 0 Å². The molecule has 0 aliphatic heterocycles. The molecule has 0 spiro atoms. The molecule has 0 aromatic carbocycles. The van der Waals surface area contributed by atoms with E-state index in [0.717, 1.165) is 11.1 Å². The third-order valence-electron chi connectivity index (χ3n) is 5.48. The van der Waals surface area contributed by atoms with Crippen molar-refractivity contribution in [2.45, 2.75) is 77.8 Å². The van der Waals surface area contributed by atoms with Crippen LogP contribution < -0.4 is 0 Å². The Morgan fingerprint density at radius 3 is 1.12 bits per heavy atom. The molecule has 0 saturated carbocycles. The first-order chi connectivity index (χ1) is 10.6. The molecule has 0 amide bonds. The fourth-order valence-electron chi connectivity index (χ4n) is 1.37. The summed E-state index contributed by atoms with van der Waals surface area (Å²) >= 11 is 0. The first kappa shape index (κ1) is 23.2. The average molecular weight is 365 g/mol. The van der Waals surface area contributed by atoms with Crippen LogP contribution >= 0.6 is 0 Å². The molecule has 0 saturated heterocycles. The fraction of sp³-hybridized carbons (Fsp3) is 0.700. The lowest BCUT2D eigenvalue weighted by atomic mass is 10.1. The van der Waals surface area contributed by atoms with E-state index in [1.807, 2.05) is 0 Å². The summed E-state index contributed by atoms with van der Waals surface area (Å²) in [6, 6.07) is 0. The van der Waals surface area contributed by atoms with E-state index in [2.05, 4.69) is 79.6 Å². The van der Waals surface area contributed by atoms with Crippen LogP contribution in [0.1, 0.15) is 41.5 Å². The van der Waals surface area contributed by atoms with Crippen LogP contribution in [0, 0.1) is 24.7 Å². The Morgan fingerprint density at radius 2 is 0.958 bits per heavy atom. The van der Waals surface area contributed by atoms with Gasteiger partial charge in [0.2, 0.25) is 0 Å². The van der Waals surface area contributed by atoms with Crippen LogP contribution in [-0.4, -0.2) is 29.8 Å². The minimum Gasteiger partial charge on any atom is -0.412 e. The van der Waals surface area contributed by atoms with Gasteiger partial charge in [0, 0.05) is 11.1 Å². The third-order valence-corrected chi connectivity index (χ3v) is 14.4. The first-order valence-corrected chi connectivity index (χ1v) is 14.3. The lowest BCUT2D eigenvalue weighted by Crippen LogP contribution is -2.42. The maximum absolute atomic E-state index is 6.23. The predicted molar refractivity (Wildman–Crippen MR) is 111 cm³/mol. The van der Waals surface area contributed by atoms with E-state index >= 15 is 0 Å². The molecular formula is C20H36O2Si2. The Labute approximate surface area is 152 Å². The van der Waals surface area contributed by atoms with E-state index in [1.54, 1.807) is 0 Å². The molecule has 0 aromatic rings. The van der Waals surface area contributed by atoms with Gasteiger partial charge in [-0.2, -0.15) is 0 Å². The molecule has 0 unspecified atom stereocenters. The van der Waals surface area contributed by atoms with Crippen molar-refractivity contribution in [1.29, 1.82) is 0 Å². The van der Waals surface area contributed by atoms with Crippen molar-refractivity contribution in [2.75, 3.05) is 13.2 Å². The highest BCUT2D eigenvalue weighted by Gasteiger charge is 2.38. The molecule has 0 radical (unpaired) electrons. The Kier molecular flexibility index (Phi) is 7.80. The van der Waals surface area contributed by atoms with E-state index in [0.29, 0.717) is 13.2 Å². The van der Waals surface area contributed by atoms with Gasteiger partial charge in [0.1, 0.15) is 0 Å². The third kappa shape index (κ3) is 6.26. The molecule has 0 bridgehead atoms. The van der Waals surface area contributed by atoms with Gasteiger partial charge >= 0.3 is 0 Å². The quantitative estimate of drug-likeness (QED) is 0.451. The summed E-state index contributed by atoms with van der Waals surface area (Å²) in [5.74, 6) is 5.44. The molecule has 0 rings (SSSR count). The summed E-state index contributed by atoms with van der Waals surface area (Å²) in [5.41, 5.74) is 1.47. The van der Waals surface area contributed by atoms with Gasteiger partial charge in [0.05, 0.1) is 13.2 Å². The van der Waals surface area contributed by atoms with Crippen molar-refractivity contribution in [1.82, 2.24) is 0 Å². The zero-order chi connectivity index (χ0) is 19.4. The highest BCUT2D eigenvalue weighted by atomic mass is 28.4. The lowest BCUT2D eigenvalue weighted by molar-refractivity contribution is 0.308. The van der Waals surface area contributed by atoms with E-state index in [1.165, 1.54) is 0 Å².